The summed E-state index contributed by atoms with van der Waals surface area (Å²) in [6.07, 6.45) is 0. The van der Waals surface area contributed by atoms with Gasteiger partial charge >= 0.3 is 5.97 Å². The fourth-order valence-corrected chi connectivity index (χ4v) is 4.73. The Labute approximate surface area is 126 Å². The largest absolute Gasteiger partial charge is 0.481 e. The topological polar surface area (TPSA) is 74.7 Å². The molecule has 0 unspecified atom stereocenters. The molecular weight excluding hydrogens is 346 g/mol. The third-order valence-corrected chi connectivity index (χ3v) is 6.14. The van der Waals surface area contributed by atoms with Crippen molar-refractivity contribution < 1.29 is 18.3 Å². The lowest BCUT2D eigenvalue weighted by molar-refractivity contribution is -0.142. The van der Waals surface area contributed by atoms with Crippen LogP contribution in [-0.2, 0) is 14.8 Å². The van der Waals surface area contributed by atoms with Crippen molar-refractivity contribution in [3.8, 4) is 0 Å². The van der Waals surface area contributed by atoms with Crippen molar-refractivity contribution in [1.82, 2.24) is 4.31 Å². The Hall–Kier alpha value is -0.920. The molecule has 1 aliphatic heterocycles. The maximum absolute atomic E-state index is 12.6. The van der Waals surface area contributed by atoms with Crippen LogP contribution in [0.3, 0.4) is 0 Å². The van der Waals surface area contributed by atoms with Crippen molar-refractivity contribution >= 4 is 31.9 Å². The highest BCUT2D eigenvalue weighted by Gasteiger charge is 2.41. The number of aryl methyl sites for hydroxylation is 1. The first kappa shape index (κ1) is 15.5. The van der Waals surface area contributed by atoms with Gasteiger partial charge in [-0.15, -0.1) is 0 Å². The summed E-state index contributed by atoms with van der Waals surface area (Å²) in [6, 6.07) is 4.96. The van der Waals surface area contributed by atoms with E-state index in [2.05, 4.69) is 15.9 Å². The van der Waals surface area contributed by atoms with Crippen molar-refractivity contribution in [2.24, 2.45) is 11.8 Å². The van der Waals surface area contributed by atoms with Crippen LogP contribution in [0.4, 0.5) is 0 Å². The van der Waals surface area contributed by atoms with E-state index in [1.165, 1.54) is 4.31 Å². The normalized spacial score (nSPS) is 23.9. The van der Waals surface area contributed by atoms with Crippen LogP contribution in [0.2, 0.25) is 0 Å². The van der Waals surface area contributed by atoms with E-state index < -0.39 is 21.9 Å². The van der Waals surface area contributed by atoms with Crippen molar-refractivity contribution in [3.05, 3.63) is 28.2 Å². The number of hydrogen-bond donors (Lipinski definition) is 1. The van der Waals surface area contributed by atoms with Gasteiger partial charge in [-0.3, -0.25) is 4.79 Å². The molecule has 110 valence electrons. The van der Waals surface area contributed by atoms with Gasteiger partial charge in [-0.05, 0) is 36.6 Å². The van der Waals surface area contributed by atoms with E-state index >= 15 is 0 Å². The van der Waals surface area contributed by atoms with Gasteiger partial charge in [0.1, 0.15) is 0 Å². The third-order valence-electron chi connectivity index (χ3n) is 3.65. The predicted molar refractivity (Wildman–Crippen MR) is 77.9 cm³/mol. The minimum atomic E-state index is -3.64. The molecule has 0 bridgehead atoms. The molecule has 0 amide bonds. The standard InChI is InChI=1S/C13H16BrNO4S/c1-8-5-10(14)3-4-12(8)20(18,19)15-6-9(2)11(7-15)13(16)17/h3-5,9,11H,6-7H2,1-2H3,(H,16,17)/t9-,11-/m1/s1. The van der Waals surface area contributed by atoms with Crippen LogP contribution in [0.25, 0.3) is 0 Å². The van der Waals surface area contributed by atoms with Gasteiger partial charge in [0, 0.05) is 17.6 Å². The summed E-state index contributed by atoms with van der Waals surface area (Å²) >= 11 is 3.30. The number of benzene rings is 1. The minimum Gasteiger partial charge on any atom is -0.481 e. The number of carboxylic acids is 1. The predicted octanol–water partition coefficient (Wildman–Crippen LogP) is 2.10. The molecule has 0 aromatic heterocycles. The van der Waals surface area contributed by atoms with Crippen LogP contribution in [0.15, 0.2) is 27.6 Å². The molecule has 1 N–H and O–H groups in total. The van der Waals surface area contributed by atoms with Gasteiger partial charge in [0.25, 0.3) is 0 Å². The maximum atomic E-state index is 12.6. The van der Waals surface area contributed by atoms with E-state index in [1.807, 2.05) is 0 Å². The molecule has 1 fully saturated rings. The fraction of sp³-hybridized carbons (Fsp3) is 0.462. The van der Waals surface area contributed by atoms with Crippen LogP contribution in [0.5, 0.6) is 0 Å². The second-order valence-electron chi connectivity index (χ2n) is 5.15. The molecule has 7 heteroatoms. The molecule has 2 atom stereocenters. The number of aliphatic carboxylic acids is 1. The van der Waals surface area contributed by atoms with E-state index in [1.54, 1.807) is 32.0 Å². The number of halogens is 1. The first-order chi connectivity index (χ1) is 9.23. The number of hydrogen-bond acceptors (Lipinski definition) is 3. The van der Waals surface area contributed by atoms with Crippen molar-refractivity contribution in [2.75, 3.05) is 13.1 Å². The lowest BCUT2D eigenvalue weighted by Gasteiger charge is -2.17. The molecular formula is C13H16BrNO4S. The smallest absolute Gasteiger partial charge is 0.308 e. The molecule has 1 heterocycles. The summed E-state index contributed by atoms with van der Waals surface area (Å²) in [5, 5.41) is 9.10. The SMILES string of the molecule is Cc1cc(Br)ccc1S(=O)(=O)N1C[C@@H](C)[C@H](C(=O)O)C1. The number of sulfonamides is 1. The molecule has 0 aliphatic carbocycles. The molecule has 1 saturated heterocycles. The van der Waals surface area contributed by atoms with Crippen LogP contribution in [-0.4, -0.2) is 36.9 Å². The van der Waals surface area contributed by atoms with Crippen molar-refractivity contribution in [1.29, 1.82) is 0 Å². The van der Waals surface area contributed by atoms with Gasteiger partial charge in [-0.1, -0.05) is 22.9 Å². The summed E-state index contributed by atoms with van der Waals surface area (Å²) < 4.78 is 27.3. The van der Waals surface area contributed by atoms with E-state index in [0.717, 1.165) is 4.47 Å². The van der Waals surface area contributed by atoms with Gasteiger partial charge < -0.3 is 5.11 Å². The molecule has 5 nitrogen and oxygen atoms in total. The Balaban J connectivity index is 2.35. The van der Waals surface area contributed by atoms with E-state index in [9.17, 15) is 13.2 Å². The second-order valence-corrected chi connectivity index (χ2v) is 7.98. The van der Waals surface area contributed by atoms with Gasteiger partial charge in [0.15, 0.2) is 0 Å². The molecule has 2 rings (SSSR count). The summed E-state index contributed by atoms with van der Waals surface area (Å²) in [7, 11) is -3.64. The summed E-state index contributed by atoms with van der Waals surface area (Å²) in [5.41, 5.74) is 0.644. The molecule has 20 heavy (non-hydrogen) atoms. The number of nitrogens with zero attached hydrogens (tertiary/aromatic N) is 1. The quantitative estimate of drug-likeness (QED) is 0.894. The highest BCUT2D eigenvalue weighted by atomic mass is 79.9. The van der Waals surface area contributed by atoms with Crippen LogP contribution >= 0.6 is 15.9 Å². The van der Waals surface area contributed by atoms with Crippen molar-refractivity contribution in [2.45, 2.75) is 18.7 Å². The third kappa shape index (κ3) is 2.75. The van der Waals surface area contributed by atoms with Gasteiger partial charge in [0.05, 0.1) is 10.8 Å². The number of rotatable bonds is 3. The van der Waals surface area contributed by atoms with E-state index in [4.69, 9.17) is 5.11 Å². The molecule has 0 spiro atoms. The molecule has 1 aromatic rings. The van der Waals surface area contributed by atoms with Crippen molar-refractivity contribution in [3.63, 3.8) is 0 Å². The van der Waals surface area contributed by atoms with E-state index in [0.29, 0.717) is 5.56 Å². The molecule has 1 aliphatic rings. The number of carboxylic acid groups (broad SMARTS) is 1. The molecule has 0 radical (unpaired) electrons. The van der Waals surface area contributed by atoms with E-state index in [-0.39, 0.29) is 23.9 Å². The van der Waals surface area contributed by atoms with Gasteiger partial charge in [-0.2, -0.15) is 4.31 Å². The average molecular weight is 362 g/mol. The Morgan fingerprint density at radius 2 is 2.05 bits per heavy atom. The lowest BCUT2D eigenvalue weighted by Crippen LogP contribution is -2.30. The number of carbonyl (C=O) groups is 1. The highest BCUT2D eigenvalue weighted by Crippen LogP contribution is 2.30. The van der Waals surface area contributed by atoms with Crippen LogP contribution in [0, 0.1) is 18.8 Å². The first-order valence-electron chi connectivity index (χ1n) is 6.22. The summed E-state index contributed by atoms with van der Waals surface area (Å²) in [4.78, 5) is 11.3. The average Bonchev–Trinajstić information content (AvgIpc) is 2.71. The zero-order valence-corrected chi connectivity index (χ0v) is 13.6. The van der Waals surface area contributed by atoms with Crippen LogP contribution < -0.4 is 0 Å². The highest BCUT2D eigenvalue weighted by molar-refractivity contribution is 9.10. The van der Waals surface area contributed by atoms with Crippen LogP contribution in [0.1, 0.15) is 12.5 Å². The van der Waals surface area contributed by atoms with Gasteiger partial charge in [0.2, 0.25) is 10.0 Å². The zero-order chi connectivity index (χ0) is 15.1. The summed E-state index contributed by atoms with van der Waals surface area (Å²) in [6.45, 7) is 3.78. The lowest BCUT2D eigenvalue weighted by atomic mass is 9.99. The fourth-order valence-electron chi connectivity index (χ4n) is 2.48. The Morgan fingerprint density at radius 3 is 2.55 bits per heavy atom. The maximum Gasteiger partial charge on any atom is 0.308 e. The Bertz CT molecular complexity index is 644. The minimum absolute atomic E-state index is 0.0360. The summed E-state index contributed by atoms with van der Waals surface area (Å²) in [5.74, 6) is -1.76. The van der Waals surface area contributed by atoms with Gasteiger partial charge in [-0.25, -0.2) is 8.42 Å². The molecule has 0 saturated carbocycles. The zero-order valence-electron chi connectivity index (χ0n) is 11.2. The first-order valence-corrected chi connectivity index (χ1v) is 8.46. The molecule has 1 aromatic carbocycles. The monoisotopic (exact) mass is 361 g/mol. The second kappa shape index (κ2) is 5.46. The Morgan fingerprint density at radius 1 is 1.40 bits per heavy atom. The Kier molecular flexibility index (Phi) is 4.22.